The first-order chi connectivity index (χ1) is 14.8. The molecule has 4 rings (SSSR count). The highest BCUT2D eigenvalue weighted by atomic mass is 35.5. The molecule has 1 aromatic rings. The molecule has 166 valence electrons. The van der Waals surface area contributed by atoms with Gasteiger partial charge in [-0.05, 0) is 56.9 Å². The van der Waals surface area contributed by atoms with Crippen molar-refractivity contribution in [2.45, 2.75) is 77.4 Å². The van der Waals surface area contributed by atoms with Crippen LogP contribution in [0.5, 0.6) is 0 Å². The lowest BCUT2D eigenvalue weighted by Crippen LogP contribution is -2.43. The lowest BCUT2D eigenvalue weighted by molar-refractivity contribution is 0.400. The van der Waals surface area contributed by atoms with Crippen LogP contribution in [0.4, 0.5) is 17.5 Å². The molecule has 0 radical (unpaired) electrons. The molecule has 2 heterocycles. The highest BCUT2D eigenvalue weighted by Gasteiger charge is 2.30. The molecular weight excluding hydrogens is 410 g/mol. The van der Waals surface area contributed by atoms with E-state index < -0.39 is 0 Å². The number of hydrogen-bond acceptors (Lipinski definition) is 6. The highest BCUT2D eigenvalue weighted by Crippen LogP contribution is 2.39. The summed E-state index contributed by atoms with van der Waals surface area (Å²) in [6.07, 6.45) is 4.46. The van der Waals surface area contributed by atoms with Crippen molar-refractivity contribution in [2.75, 3.05) is 10.6 Å². The van der Waals surface area contributed by atoms with Crippen LogP contribution in [-0.2, 0) is 0 Å². The molecule has 3 aliphatic rings. The number of halogens is 1. The molecular formula is C23H32ClN7. The lowest BCUT2D eigenvalue weighted by Gasteiger charge is -2.32. The van der Waals surface area contributed by atoms with E-state index in [9.17, 15) is 0 Å². The SMILES string of the molecule is CC(C)c1nnc2c(Nc3ccc(Cl)cc3)nc(NC3CCCCC3N)n(C(C)C)c1-2. The van der Waals surface area contributed by atoms with E-state index >= 15 is 0 Å². The van der Waals surface area contributed by atoms with Crippen LogP contribution in [-0.4, -0.2) is 31.8 Å². The standard InChI is InChI=1S/C23H32ClN7/c1-13(2)19-21-20(30-29-19)22(26-16-11-9-15(24)10-12-16)28-23(31(21)14(3)4)27-18-8-6-5-7-17(18)25/h9-14,17-18,26H,5-8,25H2,1-4H3,(H,27,28). The summed E-state index contributed by atoms with van der Waals surface area (Å²) in [6.45, 7) is 8.61. The maximum atomic E-state index is 6.45. The predicted molar refractivity (Wildman–Crippen MR) is 128 cm³/mol. The zero-order valence-corrected chi connectivity index (χ0v) is 19.4. The van der Waals surface area contributed by atoms with Crippen LogP contribution in [0.25, 0.3) is 11.4 Å². The van der Waals surface area contributed by atoms with E-state index in [-0.39, 0.29) is 24.0 Å². The average Bonchev–Trinajstić information content (AvgIpc) is 3.16. The second-order valence-electron chi connectivity index (χ2n) is 9.02. The Morgan fingerprint density at radius 3 is 2.42 bits per heavy atom. The van der Waals surface area contributed by atoms with Crippen LogP contribution in [0, 0.1) is 0 Å². The fourth-order valence-corrected chi connectivity index (χ4v) is 4.42. The number of aromatic nitrogens is 4. The van der Waals surface area contributed by atoms with Gasteiger partial charge in [-0.2, -0.15) is 10.1 Å². The van der Waals surface area contributed by atoms with Crippen LogP contribution in [0.1, 0.15) is 71.0 Å². The van der Waals surface area contributed by atoms with Gasteiger partial charge in [0.25, 0.3) is 0 Å². The normalized spacial score (nSPS) is 19.4. The topological polar surface area (TPSA) is 93.7 Å². The molecule has 31 heavy (non-hydrogen) atoms. The Morgan fingerprint density at radius 2 is 1.77 bits per heavy atom. The first kappa shape index (κ1) is 21.8. The molecule has 2 aliphatic heterocycles. The molecule has 0 bridgehead atoms. The maximum absolute atomic E-state index is 6.45. The quantitative estimate of drug-likeness (QED) is 0.463. The van der Waals surface area contributed by atoms with Crippen molar-refractivity contribution in [1.82, 2.24) is 19.7 Å². The van der Waals surface area contributed by atoms with E-state index in [1.165, 1.54) is 12.8 Å². The van der Waals surface area contributed by atoms with Gasteiger partial charge in [-0.25, -0.2) is 0 Å². The number of hydrogen-bond donors (Lipinski definition) is 3. The summed E-state index contributed by atoms with van der Waals surface area (Å²) < 4.78 is 2.22. The van der Waals surface area contributed by atoms with Crippen LogP contribution in [0.15, 0.2) is 24.3 Å². The van der Waals surface area contributed by atoms with E-state index in [2.05, 4.69) is 53.1 Å². The third kappa shape index (κ3) is 4.48. The Labute approximate surface area is 189 Å². The van der Waals surface area contributed by atoms with Gasteiger partial charge in [0.05, 0.1) is 11.4 Å². The number of fused-ring (bicyclic) bond motifs is 1. The van der Waals surface area contributed by atoms with Crippen LogP contribution in [0.3, 0.4) is 0 Å². The molecule has 1 saturated carbocycles. The Morgan fingerprint density at radius 1 is 1.06 bits per heavy atom. The first-order valence-corrected chi connectivity index (χ1v) is 11.6. The fourth-order valence-electron chi connectivity index (χ4n) is 4.29. The molecule has 0 spiro atoms. The molecule has 1 fully saturated rings. The molecule has 1 aromatic carbocycles. The minimum absolute atomic E-state index is 0.125. The van der Waals surface area contributed by atoms with Crippen molar-refractivity contribution in [1.29, 1.82) is 0 Å². The van der Waals surface area contributed by atoms with Crippen molar-refractivity contribution in [2.24, 2.45) is 5.73 Å². The predicted octanol–water partition coefficient (Wildman–Crippen LogP) is 5.56. The number of anilines is 3. The van der Waals surface area contributed by atoms with E-state index in [4.69, 9.17) is 22.3 Å². The minimum atomic E-state index is 0.125. The largest absolute Gasteiger partial charge is 0.351 e. The maximum Gasteiger partial charge on any atom is 0.205 e. The minimum Gasteiger partial charge on any atom is -0.351 e. The second-order valence-corrected chi connectivity index (χ2v) is 9.45. The molecule has 7 nitrogen and oxygen atoms in total. The Balaban J connectivity index is 1.84. The summed E-state index contributed by atoms with van der Waals surface area (Å²) in [5, 5.41) is 16.8. The first-order valence-electron chi connectivity index (χ1n) is 11.2. The summed E-state index contributed by atoms with van der Waals surface area (Å²) in [5.74, 6) is 1.73. The third-order valence-electron chi connectivity index (χ3n) is 5.94. The number of nitrogens with two attached hydrogens (primary N) is 1. The Hall–Kier alpha value is -2.38. The molecule has 2 atom stereocenters. The molecule has 8 heteroatoms. The Kier molecular flexibility index (Phi) is 6.34. The fraction of sp³-hybridized carbons (Fsp3) is 0.522. The van der Waals surface area contributed by atoms with Crippen molar-refractivity contribution < 1.29 is 0 Å². The van der Waals surface area contributed by atoms with Crippen molar-refractivity contribution >= 4 is 29.1 Å². The molecule has 0 amide bonds. The number of nitrogens with one attached hydrogen (secondary N) is 2. The van der Waals surface area contributed by atoms with Gasteiger partial charge >= 0.3 is 0 Å². The number of rotatable bonds is 6. The lowest BCUT2D eigenvalue weighted by atomic mass is 9.91. The zero-order chi connectivity index (χ0) is 22.1. The van der Waals surface area contributed by atoms with Crippen LogP contribution < -0.4 is 16.4 Å². The van der Waals surface area contributed by atoms with Crippen LogP contribution in [0.2, 0.25) is 5.02 Å². The third-order valence-corrected chi connectivity index (χ3v) is 6.19. The average molecular weight is 442 g/mol. The van der Waals surface area contributed by atoms with Gasteiger partial charge < -0.3 is 20.9 Å². The van der Waals surface area contributed by atoms with Gasteiger partial charge in [0.2, 0.25) is 5.95 Å². The van der Waals surface area contributed by atoms with Gasteiger partial charge in [-0.1, -0.05) is 38.3 Å². The molecule has 0 aromatic heterocycles. The zero-order valence-electron chi connectivity index (χ0n) is 18.7. The van der Waals surface area contributed by atoms with Gasteiger partial charge in [0.15, 0.2) is 11.5 Å². The molecule has 2 unspecified atom stereocenters. The van der Waals surface area contributed by atoms with E-state index in [1.54, 1.807) is 0 Å². The van der Waals surface area contributed by atoms with Crippen molar-refractivity contribution in [3.63, 3.8) is 0 Å². The summed E-state index contributed by atoms with van der Waals surface area (Å²) in [7, 11) is 0. The molecule has 4 N–H and O–H groups in total. The van der Waals surface area contributed by atoms with Crippen LogP contribution >= 0.6 is 11.6 Å². The summed E-state index contributed by atoms with van der Waals surface area (Å²) in [4.78, 5) is 4.99. The summed E-state index contributed by atoms with van der Waals surface area (Å²) >= 11 is 6.06. The summed E-state index contributed by atoms with van der Waals surface area (Å²) in [5.41, 5.74) is 10.1. The van der Waals surface area contributed by atoms with Gasteiger partial charge in [0, 0.05) is 28.8 Å². The molecule has 0 saturated heterocycles. The van der Waals surface area contributed by atoms with Gasteiger partial charge in [-0.15, -0.1) is 5.10 Å². The van der Waals surface area contributed by atoms with E-state index in [0.717, 1.165) is 41.6 Å². The summed E-state index contributed by atoms with van der Waals surface area (Å²) in [6, 6.07) is 8.09. The smallest absolute Gasteiger partial charge is 0.205 e. The van der Waals surface area contributed by atoms with E-state index in [0.29, 0.717) is 10.8 Å². The van der Waals surface area contributed by atoms with Gasteiger partial charge in [-0.3, -0.25) is 0 Å². The van der Waals surface area contributed by atoms with Gasteiger partial charge in [0.1, 0.15) is 0 Å². The number of benzene rings is 1. The molecule has 1 aliphatic carbocycles. The Bertz CT molecular complexity index is 996. The van der Waals surface area contributed by atoms with Crippen molar-refractivity contribution in [3.05, 3.63) is 35.0 Å². The van der Waals surface area contributed by atoms with Crippen molar-refractivity contribution in [3.8, 4) is 11.4 Å². The number of nitrogens with zero attached hydrogens (tertiary/aromatic N) is 4. The monoisotopic (exact) mass is 441 g/mol. The second kappa shape index (κ2) is 9.01. The highest BCUT2D eigenvalue weighted by molar-refractivity contribution is 6.30. The van der Waals surface area contributed by atoms with E-state index in [1.807, 2.05) is 24.3 Å².